The van der Waals surface area contributed by atoms with Crippen molar-refractivity contribution >= 4 is 25.4 Å². The van der Waals surface area contributed by atoms with Gasteiger partial charge in [-0.2, -0.15) is 8.78 Å². The van der Waals surface area contributed by atoms with Crippen LogP contribution >= 0.6 is 10.7 Å². The summed E-state index contributed by atoms with van der Waals surface area (Å²) in [5.74, 6) is -0.651. The molecule has 0 unspecified atom stereocenters. The summed E-state index contributed by atoms with van der Waals surface area (Å²) in [5.41, 5.74) is -0.927. The van der Waals surface area contributed by atoms with Crippen LogP contribution in [0.3, 0.4) is 0 Å². The van der Waals surface area contributed by atoms with E-state index in [1.54, 1.807) is 0 Å². The summed E-state index contributed by atoms with van der Waals surface area (Å²) in [6, 6.07) is 1.41. The Labute approximate surface area is 105 Å². The average molecular weight is 302 g/mol. The quantitative estimate of drug-likeness (QED) is 0.484. The fourth-order valence-corrected chi connectivity index (χ4v) is 2.47. The first-order valence-electron chi connectivity index (χ1n) is 4.31. The summed E-state index contributed by atoms with van der Waals surface area (Å²) in [5, 5.41) is 10.7. The van der Waals surface area contributed by atoms with Crippen LogP contribution < -0.4 is 4.74 Å². The first kappa shape index (κ1) is 14.6. The van der Waals surface area contributed by atoms with Gasteiger partial charge in [0.25, 0.3) is 14.7 Å². The largest absolute Gasteiger partial charge is 0.435 e. The number of nitro groups is 1. The molecule has 0 saturated heterocycles. The number of benzene rings is 1. The van der Waals surface area contributed by atoms with E-state index in [-0.39, 0.29) is 5.56 Å². The predicted octanol–water partition coefficient (Wildman–Crippen LogP) is 2.43. The van der Waals surface area contributed by atoms with E-state index in [4.69, 9.17) is 10.7 Å². The molecule has 100 valence electrons. The molecule has 0 aliphatic heterocycles. The van der Waals surface area contributed by atoms with Gasteiger partial charge in [0.15, 0.2) is 0 Å². The maximum absolute atomic E-state index is 12.0. The Balaban J connectivity index is 3.52. The van der Waals surface area contributed by atoms with Crippen molar-refractivity contribution in [1.29, 1.82) is 0 Å². The highest BCUT2D eigenvalue weighted by molar-refractivity contribution is 8.13. The van der Waals surface area contributed by atoms with Crippen LogP contribution in [-0.2, 0) is 9.05 Å². The van der Waals surface area contributed by atoms with Gasteiger partial charge in [-0.3, -0.25) is 10.1 Å². The van der Waals surface area contributed by atoms with Crippen molar-refractivity contribution in [3.05, 3.63) is 27.8 Å². The molecule has 0 atom stereocenters. The zero-order valence-corrected chi connectivity index (χ0v) is 10.3. The molecule has 0 aliphatic rings. The molecule has 0 N–H and O–H groups in total. The van der Waals surface area contributed by atoms with Gasteiger partial charge in [-0.1, -0.05) is 0 Å². The fraction of sp³-hybridized carbons (Fsp3) is 0.250. The lowest BCUT2D eigenvalue weighted by molar-refractivity contribution is -0.385. The van der Waals surface area contributed by atoms with Crippen molar-refractivity contribution in [3.63, 3.8) is 0 Å². The molecule has 0 heterocycles. The van der Waals surface area contributed by atoms with Crippen LogP contribution in [0.2, 0.25) is 0 Å². The summed E-state index contributed by atoms with van der Waals surface area (Å²) in [4.78, 5) is 9.10. The zero-order chi connectivity index (χ0) is 14.1. The smallest absolute Gasteiger partial charge is 0.387 e. The maximum atomic E-state index is 12.0. The SMILES string of the molecule is Cc1c([N+](=O)[O-])cc(OC(F)F)cc1S(=O)(=O)Cl. The molecule has 0 radical (unpaired) electrons. The third-order valence-corrected chi connectivity index (χ3v) is 3.44. The Morgan fingerprint density at radius 2 is 2.00 bits per heavy atom. The predicted molar refractivity (Wildman–Crippen MR) is 57.5 cm³/mol. The maximum Gasteiger partial charge on any atom is 0.387 e. The van der Waals surface area contributed by atoms with Crippen molar-refractivity contribution < 1.29 is 26.9 Å². The first-order valence-corrected chi connectivity index (χ1v) is 6.62. The number of alkyl halides is 2. The molecule has 1 aromatic carbocycles. The van der Waals surface area contributed by atoms with Gasteiger partial charge in [0, 0.05) is 22.3 Å². The van der Waals surface area contributed by atoms with Gasteiger partial charge in [0.1, 0.15) is 5.75 Å². The lowest BCUT2D eigenvalue weighted by Crippen LogP contribution is -2.05. The van der Waals surface area contributed by atoms with E-state index in [0.717, 1.165) is 6.92 Å². The Bertz CT molecular complexity index is 589. The van der Waals surface area contributed by atoms with Crippen molar-refractivity contribution in [3.8, 4) is 5.75 Å². The molecule has 1 rings (SSSR count). The topological polar surface area (TPSA) is 86.5 Å². The zero-order valence-electron chi connectivity index (χ0n) is 8.76. The van der Waals surface area contributed by atoms with Crippen LogP contribution in [0.5, 0.6) is 5.75 Å². The Kier molecular flexibility index (Phi) is 4.07. The number of halogens is 3. The highest BCUT2D eigenvalue weighted by Gasteiger charge is 2.24. The minimum atomic E-state index is -4.30. The van der Waals surface area contributed by atoms with Crippen LogP contribution in [0.1, 0.15) is 5.56 Å². The van der Waals surface area contributed by atoms with E-state index in [0.29, 0.717) is 12.1 Å². The normalized spacial score (nSPS) is 11.6. The molecule has 18 heavy (non-hydrogen) atoms. The average Bonchev–Trinajstić information content (AvgIpc) is 2.17. The molecule has 10 heteroatoms. The third kappa shape index (κ3) is 3.26. The highest BCUT2D eigenvalue weighted by Crippen LogP contribution is 2.33. The van der Waals surface area contributed by atoms with Gasteiger partial charge < -0.3 is 4.74 Å². The second kappa shape index (κ2) is 5.02. The highest BCUT2D eigenvalue weighted by atomic mass is 35.7. The van der Waals surface area contributed by atoms with E-state index in [1.165, 1.54) is 0 Å². The molecule has 0 spiro atoms. The number of nitrogens with zero attached hydrogens (tertiary/aromatic N) is 1. The van der Waals surface area contributed by atoms with Crippen LogP contribution in [0, 0.1) is 17.0 Å². The minimum Gasteiger partial charge on any atom is -0.435 e. The molecule has 0 aromatic heterocycles. The molecule has 0 aliphatic carbocycles. The van der Waals surface area contributed by atoms with Crippen molar-refractivity contribution in [1.82, 2.24) is 0 Å². The fourth-order valence-electron chi connectivity index (χ4n) is 1.26. The van der Waals surface area contributed by atoms with Crippen molar-refractivity contribution in [2.45, 2.75) is 18.4 Å². The number of rotatable bonds is 4. The van der Waals surface area contributed by atoms with Crippen molar-refractivity contribution in [2.75, 3.05) is 0 Å². The van der Waals surface area contributed by atoms with E-state index >= 15 is 0 Å². The summed E-state index contributed by atoms with van der Waals surface area (Å²) in [6.45, 7) is -2.10. The molecule has 0 fully saturated rings. The summed E-state index contributed by atoms with van der Waals surface area (Å²) in [7, 11) is 0.751. The second-order valence-corrected chi connectivity index (χ2v) is 5.67. The van der Waals surface area contributed by atoms with Gasteiger partial charge in [-0.25, -0.2) is 8.42 Å². The van der Waals surface area contributed by atoms with E-state index in [1.807, 2.05) is 0 Å². The van der Waals surface area contributed by atoms with E-state index in [2.05, 4.69) is 4.74 Å². The standard InChI is InChI=1S/C8H6ClF2NO5S/c1-4-6(12(13)14)2-5(17-8(10)11)3-7(4)18(9,15)16/h2-3,8H,1H3. The molecule has 6 nitrogen and oxygen atoms in total. The van der Waals surface area contributed by atoms with Crippen molar-refractivity contribution in [2.24, 2.45) is 0 Å². The Hall–Kier alpha value is -1.48. The van der Waals surface area contributed by atoms with Crippen LogP contribution in [0.25, 0.3) is 0 Å². The molecular formula is C8H6ClF2NO5S. The third-order valence-electron chi connectivity index (χ3n) is 1.99. The number of hydrogen-bond donors (Lipinski definition) is 0. The van der Waals surface area contributed by atoms with Gasteiger partial charge in [0.05, 0.1) is 15.9 Å². The number of ether oxygens (including phenoxy) is 1. The number of nitro benzene ring substituents is 1. The van der Waals surface area contributed by atoms with Gasteiger partial charge >= 0.3 is 6.61 Å². The lowest BCUT2D eigenvalue weighted by Gasteiger charge is -2.08. The Morgan fingerprint density at radius 3 is 2.39 bits per heavy atom. The van der Waals surface area contributed by atoms with Crippen LogP contribution in [-0.4, -0.2) is 20.0 Å². The van der Waals surface area contributed by atoms with Gasteiger partial charge in [0.2, 0.25) is 0 Å². The van der Waals surface area contributed by atoms with Crippen LogP contribution in [0.4, 0.5) is 14.5 Å². The summed E-state index contributed by atoms with van der Waals surface area (Å²) >= 11 is 0. The van der Waals surface area contributed by atoms with E-state index in [9.17, 15) is 27.3 Å². The monoisotopic (exact) mass is 301 g/mol. The second-order valence-electron chi connectivity index (χ2n) is 3.14. The first-order chi connectivity index (χ1) is 8.12. The molecule has 0 saturated carbocycles. The van der Waals surface area contributed by atoms with E-state index < -0.39 is 36.9 Å². The molecule has 0 amide bonds. The summed E-state index contributed by atoms with van der Waals surface area (Å²) in [6.07, 6.45) is 0. The van der Waals surface area contributed by atoms with Gasteiger partial charge in [-0.15, -0.1) is 0 Å². The van der Waals surface area contributed by atoms with Crippen LogP contribution in [0.15, 0.2) is 17.0 Å². The van der Waals surface area contributed by atoms with Gasteiger partial charge in [-0.05, 0) is 6.92 Å². The number of hydrogen-bond acceptors (Lipinski definition) is 5. The lowest BCUT2D eigenvalue weighted by atomic mass is 10.2. The molecular weight excluding hydrogens is 296 g/mol. The molecule has 1 aromatic rings. The Morgan fingerprint density at radius 1 is 1.44 bits per heavy atom. The summed E-state index contributed by atoms with van der Waals surface area (Å²) < 4.78 is 50.3. The minimum absolute atomic E-state index is 0.253. The molecule has 0 bridgehead atoms.